The minimum absolute atomic E-state index is 0. The van der Waals surface area contributed by atoms with Crippen molar-refractivity contribution in [3.8, 4) is 11.4 Å². The number of rotatable bonds is 11. The first kappa shape index (κ1) is 33.6. The van der Waals surface area contributed by atoms with E-state index in [-0.39, 0.29) is 53.7 Å². The van der Waals surface area contributed by atoms with Crippen LogP contribution in [0.2, 0.25) is 0 Å². The Labute approximate surface area is 256 Å². The molecular formula is C30H37FN3NaO5. The Kier molecular flexibility index (Phi) is 13.5. The van der Waals surface area contributed by atoms with E-state index in [0.29, 0.717) is 23.9 Å². The van der Waals surface area contributed by atoms with Crippen molar-refractivity contribution in [2.24, 2.45) is 0 Å². The maximum absolute atomic E-state index is 13.2. The molecule has 0 saturated heterocycles. The van der Waals surface area contributed by atoms with Gasteiger partial charge in [0.1, 0.15) is 17.3 Å². The largest absolute Gasteiger partial charge is 1.00 e. The molecule has 3 atom stereocenters. The molecule has 40 heavy (non-hydrogen) atoms. The average Bonchev–Trinajstić information content (AvgIpc) is 3.66. The van der Waals surface area contributed by atoms with Gasteiger partial charge in [0.15, 0.2) is 0 Å². The molecule has 8 nitrogen and oxygen atoms in total. The zero-order chi connectivity index (χ0) is 28.5. The summed E-state index contributed by atoms with van der Waals surface area (Å²) in [4.78, 5) is 32.8. The molecule has 3 N–H and O–H groups in total. The molecule has 1 aliphatic carbocycles. The molecule has 3 aromatic rings. The Morgan fingerprint density at radius 1 is 1.10 bits per heavy atom. The van der Waals surface area contributed by atoms with E-state index >= 15 is 0 Å². The van der Waals surface area contributed by atoms with Crippen molar-refractivity contribution in [3.63, 3.8) is 0 Å². The third-order valence-corrected chi connectivity index (χ3v) is 6.79. The molecule has 210 valence electrons. The molecule has 2 aromatic carbocycles. The molecular weight excluding hydrogens is 524 g/mol. The molecule has 0 aliphatic heterocycles. The maximum atomic E-state index is 13.2. The van der Waals surface area contributed by atoms with Crippen LogP contribution in [0.15, 0.2) is 54.6 Å². The van der Waals surface area contributed by atoms with Crippen LogP contribution in [0.3, 0.4) is 0 Å². The molecule has 0 radical (unpaired) electrons. The zero-order valence-corrected chi connectivity index (χ0v) is 25.6. The Hall–Kier alpha value is -2.56. The number of benzene rings is 2. The normalized spacial score (nSPS) is 14.7. The molecule has 1 fully saturated rings. The number of carboxylic acid groups (broad SMARTS) is 1. The Balaban J connectivity index is 0.000000369. The van der Waals surface area contributed by atoms with Gasteiger partial charge in [-0.05, 0) is 62.4 Å². The van der Waals surface area contributed by atoms with Crippen LogP contribution >= 0.6 is 0 Å². The topological polar surface area (TPSA) is 130 Å². The number of H-pyrrole nitrogens is 1. The number of nitrogens with one attached hydrogen (secondary N) is 1. The summed E-state index contributed by atoms with van der Waals surface area (Å²) in [6.45, 7) is 3.92. The van der Waals surface area contributed by atoms with E-state index in [1.165, 1.54) is 12.1 Å². The second kappa shape index (κ2) is 16.0. The van der Waals surface area contributed by atoms with Crippen molar-refractivity contribution >= 4 is 11.9 Å². The number of hydrogen-bond donors (Lipinski definition) is 3. The van der Waals surface area contributed by atoms with E-state index in [0.717, 1.165) is 36.1 Å². The number of imidazole rings is 1. The summed E-state index contributed by atoms with van der Waals surface area (Å²) in [5, 5.41) is 28.2. The summed E-state index contributed by atoms with van der Waals surface area (Å²) in [7, 11) is 1.81. The summed E-state index contributed by atoms with van der Waals surface area (Å²) >= 11 is 0. The predicted octanol–water partition coefficient (Wildman–Crippen LogP) is 0.969. The Morgan fingerprint density at radius 3 is 2.27 bits per heavy atom. The number of hydrogen-bond acceptors (Lipinski definition) is 6. The van der Waals surface area contributed by atoms with Crippen LogP contribution in [0.25, 0.3) is 11.4 Å². The molecule has 0 spiro atoms. The number of aliphatic hydroxyl groups excluding tert-OH is 2. The number of aromatic nitrogens is 2. The summed E-state index contributed by atoms with van der Waals surface area (Å²) < 4.78 is 13.2. The number of aromatic amines is 1. The van der Waals surface area contributed by atoms with Crippen LogP contribution in [-0.4, -0.2) is 56.2 Å². The average molecular weight is 562 g/mol. The fraction of sp³-hybridized carbons (Fsp3) is 0.433. The fourth-order valence-electron chi connectivity index (χ4n) is 4.30. The van der Waals surface area contributed by atoms with E-state index in [1.54, 1.807) is 17.0 Å². The minimum atomic E-state index is -1.29. The number of halogens is 1. The fourth-order valence-corrected chi connectivity index (χ4v) is 4.30. The number of carboxylic acids is 1. The number of aliphatic hydroxyl groups is 2. The first-order chi connectivity index (χ1) is 18.6. The minimum Gasteiger partial charge on any atom is -0.550 e. The van der Waals surface area contributed by atoms with Crippen LogP contribution in [0.4, 0.5) is 4.39 Å². The third-order valence-electron chi connectivity index (χ3n) is 6.79. The SMILES string of the molecule is CCC[C@@H](O)C[C@@H](O)CC(=O)[O-].C[C@H](c1ccccc1)N(C)C(=O)c1nc(-c2ccc(F)cc2)[nH]c1C1CC1.[Na+]. The second-order valence-corrected chi connectivity index (χ2v) is 10.0. The van der Waals surface area contributed by atoms with Gasteiger partial charge < -0.3 is 30.0 Å². The number of carbonyl (C=O) groups excluding carboxylic acids is 2. The van der Waals surface area contributed by atoms with Gasteiger partial charge in [-0.25, -0.2) is 9.37 Å². The van der Waals surface area contributed by atoms with Crippen molar-refractivity contribution in [1.82, 2.24) is 14.9 Å². The number of aliphatic carboxylic acids is 1. The monoisotopic (exact) mass is 561 g/mol. The van der Waals surface area contributed by atoms with Gasteiger partial charge in [0.2, 0.25) is 0 Å². The molecule has 0 unspecified atom stereocenters. The molecule has 1 aliphatic rings. The molecule has 4 rings (SSSR count). The van der Waals surface area contributed by atoms with Gasteiger partial charge >= 0.3 is 29.6 Å². The first-order valence-electron chi connectivity index (χ1n) is 13.3. The summed E-state index contributed by atoms with van der Waals surface area (Å²) in [5.41, 5.74) is 3.22. The van der Waals surface area contributed by atoms with E-state index in [9.17, 15) is 19.1 Å². The van der Waals surface area contributed by atoms with E-state index < -0.39 is 24.6 Å². The number of amides is 1. The quantitative estimate of drug-likeness (QED) is 0.299. The Morgan fingerprint density at radius 2 is 1.73 bits per heavy atom. The van der Waals surface area contributed by atoms with Crippen LogP contribution < -0.4 is 34.7 Å². The zero-order valence-electron chi connectivity index (χ0n) is 23.6. The summed E-state index contributed by atoms with van der Waals surface area (Å²) in [6, 6.07) is 16.0. The van der Waals surface area contributed by atoms with Crippen LogP contribution in [0.5, 0.6) is 0 Å². The predicted molar refractivity (Wildman–Crippen MR) is 144 cm³/mol. The van der Waals surface area contributed by atoms with E-state index in [4.69, 9.17) is 10.2 Å². The van der Waals surface area contributed by atoms with E-state index in [1.807, 2.05) is 51.2 Å². The van der Waals surface area contributed by atoms with E-state index in [2.05, 4.69) is 9.97 Å². The van der Waals surface area contributed by atoms with Crippen LogP contribution in [0.1, 0.15) is 86.1 Å². The van der Waals surface area contributed by atoms with Crippen molar-refractivity contribution in [3.05, 3.63) is 77.4 Å². The molecule has 1 heterocycles. The molecule has 1 saturated carbocycles. The van der Waals surface area contributed by atoms with Crippen molar-refractivity contribution in [2.45, 2.75) is 76.5 Å². The standard InChI is InChI=1S/C22H22FN3O.C8H16O4.Na/c1-14(15-6-4-3-5-7-15)26(2)22(27)20-19(16-8-9-16)24-21(25-20)17-10-12-18(23)13-11-17;1-2-3-6(9)4-7(10)5-8(11)12;/h3-7,10-14,16H,8-9H2,1-2H3,(H,24,25);6-7,9-10H,2-5H2,1H3,(H,11,12);/q;;+1/p-1/t14-;6-,7-;/m11./s1. The Bertz CT molecular complexity index is 1220. The summed E-state index contributed by atoms with van der Waals surface area (Å²) in [5.74, 6) is -0.711. The molecule has 10 heteroatoms. The third kappa shape index (κ3) is 9.82. The maximum Gasteiger partial charge on any atom is 1.00 e. The van der Waals surface area contributed by atoms with Crippen molar-refractivity contribution in [1.29, 1.82) is 0 Å². The van der Waals surface area contributed by atoms with Gasteiger partial charge in [0.05, 0.1) is 23.9 Å². The second-order valence-electron chi connectivity index (χ2n) is 10.0. The molecule has 1 aromatic heterocycles. The van der Waals surface area contributed by atoms with Crippen LogP contribution in [-0.2, 0) is 4.79 Å². The summed E-state index contributed by atoms with van der Waals surface area (Å²) in [6.07, 6.45) is 1.64. The molecule has 1 amide bonds. The van der Waals surface area contributed by atoms with Gasteiger partial charge in [-0.15, -0.1) is 0 Å². The molecule has 0 bridgehead atoms. The van der Waals surface area contributed by atoms with Gasteiger partial charge in [-0.1, -0.05) is 43.7 Å². The van der Waals surface area contributed by atoms with Crippen molar-refractivity contribution in [2.75, 3.05) is 7.05 Å². The van der Waals surface area contributed by atoms with Crippen LogP contribution in [0, 0.1) is 5.82 Å². The van der Waals surface area contributed by atoms with Gasteiger partial charge in [-0.3, -0.25) is 4.79 Å². The van der Waals surface area contributed by atoms with Gasteiger partial charge in [-0.2, -0.15) is 0 Å². The smallest absolute Gasteiger partial charge is 0.550 e. The van der Waals surface area contributed by atoms with Crippen molar-refractivity contribution < 1.29 is 58.9 Å². The van der Waals surface area contributed by atoms with Gasteiger partial charge in [0.25, 0.3) is 5.91 Å². The van der Waals surface area contributed by atoms with Gasteiger partial charge in [0, 0.05) is 30.9 Å². The number of nitrogens with zero attached hydrogens (tertiary/aromatic N) is 2. The number of carbonyl (C=O) groups is 2. The first-order valence-corrected chi connectivity index (χ1v) is 13.3.